The van der Waals surface area contributed by atoms with Crippen LogP contribution in [0.5, 0.6) is 0 Å². The summed E-state index contributed by atoms with van der Waals surface area (Å²) in [6, 6.07) is 0. The van der Waals surface area contributed by atoms with Crippen molar-refractivity contribution in [3.8, 4) is 0 Å². The van der Waals surface area contributed by atoms with Crippen molar-refractivity contribution < 1.29 is 26.3 Å². The third kappa shape index (κ3) is 6.45. The molecular formula is C24H45BrN2O. The molecule has 0 saturated heterocycles. The molecule has 0 heterocycles. The Morgan fingerprint density at radius 2 is 1.32 bits per heavy atom. The van der Waals surface area contributed by atoms with Crippen molar-refractivity contribution in [2.75, 3.05) is 27.3 Å². The quantitative estimate of drug-likeness (QED) is 0.272. The molecule has 3 nitrogen and oxygen atoms in total. The van der Waals surface area contributed by atoms with Gasteiger partial charge in [-0.05, 0) is 69.1 Å². The number of unbranched alkanes of at least 4 members (excludes halogenated alkanes) is 7. The van der Waals surface area contributed by atoms with Gasteiger partial charge >= 0.3 is 0 Å². The van der Waals surface area contributed by atoms with Gasteiger partial charge in [-0.2, -0.15) is 0 Å². The summed E-state index contributed by atoms with van der Waals surface area (Å²) in [4.78, 5) is 13.1. The lowest BCUT2D eigenvalue weighted by Crippen LogP contribution is -3.00. The Hall–Kier alpha value is -0.0900. The third-order valence-electron chi connectivity index (χ3n) is 7.80. The van der Waals surface area contributed by atoms with Crippen LogP contribution in [0.1, 0.15) is 96.8 Å². The van der Waals surface area contributed by atoms with Crippen molar-refractivity contribution in [2.24, 2.45) is 23.2 Å². The molecule has 1 N–H and O–H groups in total. The SMILES string of the molecule is CCCCCCCCCC[N+](C)(C)CNC(=O)C12CC3CC(CC(C3)C1)C2.[Br-]. The summed E-state index contributed by atoms with van der Waals surface area (Å²) < 4.78 is 0.925. The van der Waals surface area contributed by atoms with Crippen LogP contribution in [-0.2, 0) is 4.79 Å². The Labute approximate surface area is 184 Å². The number of carbonyl (C=O) groups excluding carboxylic acids is 1. The Morgan fingerprint density at radius 1 is 0.857 bits per heavy atom. The Morgan fingerprint density at radius 3 is 1.82 bits per heavy atom. The van der Waals surface area contributed by atoms with Crippen molar-refractivity contribution in [3.63, 3.8) is 0 Å². The van der Waals surface area contributed by atoms with Gasteiger partial charge in [-0.3, -0.25) is 4.79 Å². The molecule has 0 aromatic rings. The van der Waals surface area contributed by atoms with Crippen LogP contribution in [0.15, 0.2) is 0 Å². The first-order valence-electron chi connectivity index (χ1n) is 12.0. The van der Waals surface area contributed by atoms with E-state index >= 15 is 0 Å². The van der Waals surface area contributed by atoms with Gasteiger partial charge in [-0.1, -0.05) is 45.4 Å². The van der Waals surface area contributed by atoms with Gasteiger partial charge in [0.1, 0.15) is 0 Å². The lowest BCUT2D eigenvalue weighted by molar-refractivity contribution is -0.892. The second-order valence-corrected chi connectivity index (χ2v) is 11.0. The van der Waals surface area contributed by atoms with Crippen LogP contribution in [0.4, 0.5) is 0 Å². The molecule has 164 valence electrons. The van der Waals surface area contributed by atoms with Crippen molar-refractivity contribution in [1.29, 1.82) is 0 Å². The van der Waals surface area contributed by atoms with E-state index in [9.17, 15) is 4.79 Å². The van der Waals surface area contributed by atoms with Crippen molar-refractivity contribution in [2.45, 2.75) is 96.8 Å². The molecule has 4 saturated carbocycles. The summed E-state index contributed by atoms with van der Waals surface area (Å²) in [5.41, 5.74) is 0.00718. The predicted molar refractivity (Wildman–Crippen MR) is 113 cm³/mol. The van der Waals surface area contributed by atoms with Gasteiger partial charge in [-0.15, -0.1) is 0 Å². The molecule has 1 amide bonds. The zero-order valence-electron chi connectivity index (χ0n) is 18.8. The lowest BCUT2D eigenvalue weighted by Gasteiger charge is -2.55. The van der Waals surface area contributed by atoms with Crippen LogP contribution in [0, 0.1) is 23.2 Å². The standard InChI is InChI=1S/C24H44N2O.BrH/c1-4-5-6-7-8-9-10-11-12-26(2,3)19-25-23(27)24-16-20-13-21(17-24)15-22(14-20)18-24;/h20-22H,4-19H2,1-3H3;1H. The molecule has 0 unspecified atom stereocenters. The minimum Gasteiger partial charge on any atom is -1.00 e. The van der Waals surface area contributed by atoms with Gasteiger partial charge in [0.05, 0.1) is 26.1 Å². The minimum atomic E-state index is 0. The summed E-state index contributed by atoms with van der Waals surface area (Å²) in [6.45, 7) is 4.26. The number of halogens is 1. The van der Waals surface area contributed by atoms with Gasteiger partial charge in [0.2, 0.25) is 5.91 Å². The maximum absolute atomic E-state index is 13.1. The van der Waals surface area contributed by atoms with Crippen LogP contribution in [0.3, 0.4) is 0 Å². The molecule has 4 heteroatoms. The van der Waals surface area contributed by atoms with E-state index in [1.54, 1.807) is 0 Å². The fraction of sp³-hybridized carbons (Fsp3) is 0.958. The topological polar surface area (TPSA) is 29.1 Å². The molecule has 0 radical (unpaired) electrons. The number of carbonyl (C=O) groups is 1. The van der Waals surface area contributed by atoms with E-state index in [4.69, 9.17) is 0 Å². The van der Waals surface area contributed by atoms with Gasteiger partial charge in [0.15, 0.2) is 6.67 Å². The van der Waals surface area contributed by atoms with Gasteiger partial charge < -0.3 is 26.8 Å². The second kappa shape index (κ2) is 10.8. The fourth-order valence-electron chi connectivity index (χ4n) is 6.61. The van der Waals surface area contributed by atoms with E-state index < -0.39 is 0 Å². The van der Waals surface area contributed by atoms with E-state index in [1.165, 1.54) is 96.4 Å². The Kier molecular flexibility index (Phi) is 9.32. The normalized spacial score (nSPS) is 30.9. The lowest BCUT2D eigenvalue weighted by atomic mass is 9.49. The smallest absolute Gasteiger partial charge is 0.230 e. The number of nitrogens with one attached hydrogen (secondary N) is 1. The Balaban J connectivity index is 0.00000280. The average Bonchev–Trinajstić information content (AvgIpc) is 2.61. The molecule has 4 fully saturated rings. The van der Waals surface area contributed by atoms with Crippen LogP contribution < -0.4 is 22.3 Å². The van der Waals surface area contributed by atoms with E-state index in [2.05, 4.69) is 26.3 Å². The summed E-state index contributed by atoms with van der Waals surface area (Å²) in [6.07, 6.45) is 18.7. The average molecular weight is 458 g/mol. The maximum atomic E-state index is 13.1. The molecule has 4 aliphatic carbocycles. The first-order valence-corrected chi connectivity index (χ1v) is 12.0. The fourth-order valence-corrected chi connectivity index (χ4v) is 6.61. The monoisotopic (exact) mass is 456 g/mol. The predicted octanol–water partition coefficient (Wildman–Crippen LogP) is 2.50. The highest BCUT2D eigenvalue weighted by Crippen LogP contribution is 2.60. The second-order valence-electron chi connectivity index (χ2n) is 11.0. The van der Waals surface area contributed by atoms with Crippen LogP contribution >= 0.6 is 0 Å². The first-order chi connectivity index (χ1) is 12.9. The van der Waals surface area contributed by atoms with Gasteiger partial charge in [0.25, 0.3) is 0 Å². The molecule has 0 spiro atoms. The minimum absolute atomic E-state index is 0. The molecule has 0 aromatic carbocycles. The van der Waals surface area contributed by atoms with Crippen molar-refractivity contribution in [3.05, 3.63) is 0 Å². The molecule has 28 heavy (non-hydrogen) atoms. The van der Waals surface area contributed by atoms with E-state index in [0.29, 0.717) is 5.91 Å². The van der Waals surface area contributed by atoms with E-state index in [0.717, 1.165) is 28.9 Å². The summed E-state index contributed by atoms with van der Waals surface area (Å²) >= 11 is 0. The summed E-state index contributed by atoms with van der Waals surface area (Å²) in [7, 11) is 4.56. The van der Waals surface area contributed by atoms with Crippen LogP contribution in [0.2, 0.25) is 0 Å². The van der Waals surface area contributed by atoms with Gasteiger partial charge in [0, 0.05) is 0 Å². The molecule has 0 aromatic heterocycles. The number of nitrogens with zero attached hydrogens (tertiary/aromatic N) is 1. The molecule has 4 bridgehead atoms. The Bertz CT molecular complexity index is 456. The number of hydrogen-bond acceptors (Lipinski definition) is 1. The number of amides is 1. The number of rotatable bonds is 12. The summed E-state index contributed by atoms with van der Waals surface area (Å²) in [5.74, 6) is 2.94. The number of hydrogen-bond donors (Lipinski definition) is 1. The largest absolute Gasteiger partial charge is 1.00 e. The van der Waals surface area contributed by atoms with Crippen molar-refractivity contribution >= 4 is 5.91 Å². The molecule has 0 aliphatic heterocycles. The zero-order valence-corrected chi connectivity index (χ0v) is 20.4. The first kappa shape index (κ1) is 24.2. The van der Waals surface area contributed by atoms with Gasteiger partial charge in [-0.25, -0.2) is 0 Å². The molecule has 0 atom stereocenters. The number of quaternary nitrogens is 1. The van der Waals surface area contributed by atoms with E-state index in [1.807, 2.05) is 0 Å². The van der Waals surface area contributed by atoms with E-state index in [-0.39, 0.29) is 22.4 Å². The van der Waals surface area contributed by atoms with Crippen molar-refractivity contribution in [1.82, 2.24) is 5.32 Å². The highest BCUT2D eigenvalue weighted by Gasteiger charge is 2.54. The maximum Gasteiger partial charge on any atom is 0.230 e. The zero-order chi connectivity index (χ0) is 19.3. The highest BCUT2D eigenvalue weighted by molar-refractivity contribution is 5.83. The molecule has 4 rings (SSSR count). The van der Waals surface area contributed by atoms with Crippen LogP contribution in [0.25, 0.3) is 0 Å². The molecule has 4 aliphatic rings. The highest BCUT2D eigenvalue weighted by atomic mass is 79.9. The van der Waals surface area contributed by atoms with Crippen LogP contribution in [-0.4, -0.2) is 37.7 Å². The summed E-state index contributed by atoms with van der Waals surface area (Å²) in [5, 5.41) is 3.39. The molecular weight excluding hydrogens is 412 g/mol. The third-order valence-corrected chi connectivity index (χ3v) is 7.80.